The Morgan fingerprint density at radius 3 is 2.58 bits per heavy atom. The van der Waals surface area contributed by atoms with E-state index in [0.717, 1.165) is 4.47 Å². The van der Waals surface area contributed by atoms with Crippen LogP contribution >= 0.6 is 27.7 Å². The van der Waals surface area contributed by atoms with Crippen LogP contribution in [0.5, 0.6) is 0 Å². The molecule has 1 aromatic carbocycles. The molecule has 0 bridgehead atoms. The van der Waals surface area contributed by atoms with E-state index in [2.05, 4.69) is 31.5 Å². The zero-order chi connectivity index (χ0) is 13.9. The van der Waals surface area contributed by atoms with Gasteiger partial charge in [0.25, 0.3) is 0 Å². The summed E-state index contributed by atoms with van der Waals surface area (Å²) in [7, 11) is -1.55. The van der Waals surface area contributed by atoms with Crippen molar-refractivity contribution in [3.63, 3.8) is 0 Å². The minimum absolute atomic E-state index is 0.0478. The lowest BCUT2D eigenvalue weighted by Gasteiger charge is -2.04. The van der Waals surface area contributed by atoms with E-state index in [4.69, 9.17) is 0 Å². The molecule has 0 saturated heterocycles. The molecule has 0 spiro atoms. The topological polar surface area (TPSA) is 77.7 Å². The summed E-state index contributed by atoms with van der Waals surface area (Å²) in [6, 6.07) is 6.61. The van der Waals surface area contributed by atoms with Gasteiger partial charge in [0.05, 0.1) is 10.6 Å². The summed E-state index contributed by atoms with van der Waals surface area (Å²) in [5, 5.41) is 11.6. The van der Waals surface area contributed by atoms with Crippen molar-refractivity contribution in [3.05, 3.63) is 28.7 Å². The molecule has 0 aliphatic heterocycles. The maximum atomic E-state index is 12.1. The highest BCUT2D eigenvalue weighted by atomic mass is 79.9. The van der Waals surface area contributed by atoms with Gasteiger partial charge in [0.15, 0.2) is 9.84 Å². The molecular weight excluding hydrogens is 352 g/mol. The molecule has 0 atom stereocenters. The SMILES string of the molecule is Cn1nnnc1SCCS(=O)(=O)c1ccc(Br)cc1. The van der Waals surface area contributed by atoms with E-state index in [1.807, 2.05) is 0 Å². The quantitative estimate of drug-likeness (QED) is 0.750. The zero-order valence-corrected chi connectivity index (χ0v) is 13.2. The summed E-state index contributed by atoms with van der Waals surface area (Å²) in [6.07, 6.45) is 0. The number of thioether (sulfide) groups is 1. The second-order valence-corrected chi connectivity index (χ2v) is 7.79. The molecule has 1 heterocycles. The van der Waals surface area contributed by atoms with Gasteiger partial charge in [-0.3, -0.25) is 0 Å². The Morgan fingerprint density at radius 1 is 1.32 bits per heavy atom. The van der Waals surface area contributed by atoms with E-state index in [0.29, 0.717) is 15.8 Å². The number of hydrogen-bond donors (Lipinski definition) is 0. The number of nitrogens with zero attached hydrogens (tertiary/aromatic N) is 4. The van der Waals surface area contributed by atoms with Crippen molar-refractivity contribution in [2.75, 3.05) is 11.5 Å². The van der Waals surface area contributed by atoms with Crippen LogP contribution < -0.4 is 0 Å². The van der Waals surface area contributed by atoms with Gasteiger partial charge in [0.1, 0.15) is 0 Å². The lowest BCUT2D eigenvalue weighted by Crippen LogP contribution is -2.09. The molecule has 0 aliphatic rings. The van der Waals surface area contributed by atoms with Crippen molar-refractivity contribution in [1.82, 2.24) is 20.2 Å². The molecule has 0 radical (unpaired) electrons. The van der Waals surface area contributed by atoms with E-state index < -0.39 is 9.84 Å². The van der Waals surface area contributed by atoms with Crippen LogP contribution in [0, 0.1) is 0 Å². The maximum Gasteiger partial charge on any atom is 0.209 e. The highest BCUT2D eigenvalue weighted by Crippen LogP contribution is 2.18. The highest BCUT2D eigenvalue weighted by molar-refractivity contribution is 9.10. The Bertz CT molecular complexity index is 654. The van der Waals surface area contributed by atoms with Gasteiger partial charge in [-0.25, -0.2) is 13.1 Å². The number of sulfone groups is 1. The van der Waals surface area contributed by atoms with Crippen molar-refractivity contribution < 1.29 is 8.42 Å². The zero-order valence-electron chi connectivity index (χ0n) is 10.0. The molecule has 6 nitrogen and oxygen atoms in total. The third-order valence-electron chi connectivity index (χ3n) is 2.34. The van der Waals surface area contributed by atoms with E-state index in [-0.39, 0.29) is 5.75 Å². The fourth-order valence-electron chi connectivity index (χ4n) is 1.35. The number of hydrogen-bond acceptors (Lipinski definition) is 6. The van der Waals surface area contributed by atoms with Crippen LogP contribution in [0.1, 0.15) is 0 Å². The van der Waals surface area contributed by atoms with Crippen molar-refractivity contribution >= 4 is 37.5 Å². The van der Waals surface area contributed by atoms with Gasteiger partial charge in [-0.2, -0.15) is 0 Å². The van der Waals surface area contributed by atoms with Crippen LogP contribution in [0.25, 0.3) is 0 Å². The third-order valence-corrected chi connectivity index (χ3v) is 5.87. The Morgan fingerprint density at radius 2 is 2.00 bits per heavy atom. The van der Waals surface area contributed by atoms with Crippen LogP contribution in [0.2, 0.25) is 0 Å². The first-order chi connectivity index (χ1) is 8.99. The van der Waals surface area contributed by atoms with Gasteiger partial charge in [-0.15, -0.1) is 5.10 Å². The highest BCUT2D eigenvalue weighted by Gasteiger charge is 2.15. The summed E-state index contributed by atoms with van der Waals surface area (Å²) >= 11 is 4.59. The van der Waals surface area contributed by atoms with Crippen molar-refractivity contribution in [1.29, 1.82) is 0 Å². The predicted molar refractivity (Wildman–Crippen MR) is 75.7 cm³/mol. The number of aromatic nitrogens is 4. The molecule has 2 aromatic rings. The first-order valence-electron chi connectivity index (χ1n) is 5.32. The Hall–Kier alpha value is -0.930. The molecule has 0 saturated carbocycles. The number of rotatable bonds is 5. The smallest absolute Gasteiger partial charge is 0.209 e. The number of halogens is 1. The number of benzene rings is 1. The van der Waals surface area contributed by atoms with Crippen LogP contribution in [0.4, 0.5) is 0 Å². The molecule has 102 valence electrons. The Kier molecular flexibility index (Phi) is 4.58. The van der Waals surface area contributed by atoms with E-state index in [9.17, 15) is 8.42 Å². The first-order valence-corrected chi connectivity index (χ1v) is 8.75. The van der Waals surface area contributed by atoms with E-state index in [1.165, 1.54) is 16.4 Å². The molecule has 0 N–H and O–H groups in total. The molecule has 2 rings (SSSR count). The molecule has 19 heavy (non-hydrogen) atoms. The summed E-state index contributed by atoms with van der Waals surface area (Å²) in [4.78, 5) is 0.326. The van der Waals surface area contributed by atoms with Crippen molar-refractivity contribution in [2.24, 2.45) is 7.05 Å². The lowest BCUT2D eigenvalue weighted by atomic mass is 10.4. The second kappa shape index (κ2) is 6.02. The first kappa shape index (κ1) is 14.5. The molecule has 9 heteroatoms. The summed E-state index contributed by atoms with van der Waals surface area (Å²) < 4.78 is 26.5. The fourth-order valence-corrected chi connectivity index (χ4v) is 4.11. The molecule has 1 aromatic heterocycles. The minimum Gasteiger partial charge on any atom is -0.224 e. The van der Waals surface area contributed by atoms with E-state index in [1.54, 1.807) is 31.3 Å². The molecular formula is C10H11BrN4O2S2. The third kappa shape index (κ3) is 3.77. The molecule has 0 unspecified atom stereocenters. The van der Waals surface area contributed by atoms with Gasteiger partial charge >= 0.3 is 0 Å². The summed E-state index contributed by atoms with van der Waals surface area (Å²) in [6.45, 7) is 0. The molecule has 0 aliphatic carbocycles. The van der Waals surface area contributed by atoms with Crippen LogP contribution in [-0.4, -0.2) is 40.1 Å². The predicted octanol–water partition coefficient (Wildman–Crippen LogP) is 1.54. The minimum atomic E-state index is -3.26. The summed E-state index contributed by atoms with van der Waals surface area (Å²) in [5.74, 6) is 0.457. The average molecular weight is 363 g/mol. The van der Waals surface area contributed by atoms with Crippen molar-refractivity contribution in [2.45, 2.75) is 10.1 Å². The van der Waals surface area contributed by atoms with Crippen LogP contribution in [-0.2, 0) is 16.9 Å². The van der Waals surface area contributed by atoms with Crippen LogP contribution in [0.3, 0.4) is 0 Å². The second-order valence-electron chi connectivity index (χ2n) is 3.71. The van der Waals surface area contributed by atoms with Gasteiger partial charge in [0.2, 0.25) is 5.16 Å². The lowest BCUT2D eigenvalue weighted by molar-refractivity contribution is 0.597. The monoisotopic (exact) mass is 362 g/mol. The normalized spacial score (nSPS) is 11.7. The van der Waals surface area contributed by atoms with Crippen molar-refractivity contribution in [3.8, 4) is 0 Å². The summed E-state index contributed by atoms with van der Waals surface area (Å²) in [5.41, 5.74) is 0. The maximum absolute atomic E-state index is 12.1. The molecule has 0 amide bonds. The number of tetrazole rings is 1. The van der Waals surface area contributed by atoms with Gasteiger partial charge in [-0.05, 0) is 34.7 Å². The average Bonchev–Trinajstić information content (AvgIpc) is 2.75. The van der Waals surface area contributed by atoms with Gasteiger partial charge in [-0.1, -0.05) is 27.7 Å². The Balaban J connectivity index is 1.98. The van der Waals surface area contributed by atoms with E-state index >= 15 is 0 Å². The van der Waals surface area contributed by atoms with Gasteiger partial charge < -0.3 is 0 Å². The van der Waals surface area contributed by atoms with Crippen LogP contribution in [0.15, 0.2) is 38.8 Å². The molecule has 0 fully saturated rings. The number of aryl methyl sites for hydroxylation is 1. The largest absolute Gasteiger partial charge is 0.224 e. The Labute approximate surface area is 123 Å². The van der Waals surface area contributed by atoms with Gasteiger partial charge in [0, 0.05) is 17.3 Å². The standard InChI is InChI=1S/C10H11BrN4O2S2/c1-15-10(12-13-14-15)18-6-7-19(16,17)9-4-2-8(11)3-5-9/h2-5H,6-7H2,1H3. The fraction of sp³-hybridized carbons (Fsp3) is 0.300.